The van der Waals surface area contributed by atoms with Crippen molar-refractivity contribution < 1.29 is 17.6 Å². The third-order valence-electron chi connectivity index (χ3n) is 6.14. The summed E-state index contributed by atoms with van der Waals surface area (Å²) < 4.78 is 33.5. The van der Waals surface area contributed by atoms with Gasteiger partial charge in [-0.25, -0.2) is 17.1 Å². The number of oxazole rings is 1. The van der Waals surface area contributed by atoms with E-state index < -0.39 is 10.0 Å². The number of carbonyl (C=O) groups excluding carboxylic acids is 1. The molecule has 1 N–H and O–H groups in total. The Balaban J connectivity index is 1.55. The van der Waals surface area contributed by atoms with Crippen molar-refractivity contribution in [2.45, 2.75) is 49.2 Å². The fourth-order valence-electron chi connectivity index (χ4n) is 4.01. The smallest absolute Gasteiger partial charge is 0.328 e. The SMILES string of the molecule is C[C@H]1[C@@H](NC(=O)CSc2nnc3oc4ccc(S(=O)(=O)N(C)C)cc4n23)CCC[C@@H]1C. The lowest BCUT2D eigenvalue weighted by atomic mass is 9.78. The Labute approximate surface area is 185 Å². The number of hydrogen-bond acceptors (Lipinski definition) is 7. The summed E-state index contributed by atoms with van der Waals surface area (Å²) in [7, 11) is -0.630. The van der Waals surface area contributed by atoms with Gasteiger partial charge in [-0.2, -0.15) is 0 Å². The molecule has 2 aromatic heterocycles. The fourth-order valence-corrected chi connectivity index (χ4v) is 5.68. The average Bonchev–Trinajstić information content (AvgIpc) is 3.28. The van der Waals surface area contributed by atoms with Crippen molar-refractivity contribution in [3.8, 4) is 0 Å². The summed E-state index contributed by atoms with van der Waals surface area (Å²) in [5.74, 6) is 1.47. The van der Waals surface area contributed by atoms with Gasteiger partial charge < -0.3 is 9.73 Å². The van der Waals surface area contributed by atoms with E-state index in [1.165, 1.54) is 38.3 Å². The van der Waals surface area contributed by atoms with Crippen LogP contribution in [0.25, 0.3) is 16.9 Å². The molecule has 1 aliphatic carbocycles. The van der Waals surface area contributed by atoms with Crippen molar-refractivity contribution in [2.75, 3.05) is 19.8 Å². The molecule has 0 radical (unpaired) electrons. The number of fused-ring (bicyclic) bond motifs is 3. The summed E-state index contributed by atoms with van der Waals surface area (Å²) in [6, 6.07) is 4.84. The van der Waals surface area contributed by atoms with E-state index in [1.807, 2.05) is 0 Å². The highest BCUT2D eigenvalue weighted by Crippen LogP contribution is 2.30. The van der Waals surface area contributed by atoms with E-state index in [4.69, 9.17) is 4.42 Å². The van der Waals surface area contributed by atoms with Crippen LogP contribution in [0.5, 0.6) is 0 Å². The van der Waals surface area contributed by atoms with Gasteiger partial charge in [0.2, 0.25) is 15.9 Å². The highest BCUT2D eigenvalue weighted by atomic mass is 32.2. The summed E-state index contributed by atoms with van der Waals surface area (Å²) in [5.41, 5.74) is 1.04. The lowest BCUT2D eigenvalue weighted by molar-refractivity contribution is -0.120. The Kier molecular flexibility index (Phi) is 6.01. The van der Waals surface area contributed by atoms with Crippen LogP contribution in [0.3, 0.4) is 0 Å². The highest BCUT2D eigenvalue weighted by molar-refractivity contribution is 7.99. The first-order valence-electron chi connectivity index (χ1n) is 10.3. The molecule has 9 nitrogen and oxygen atoms in total. The maximum atomic E-state index is 12.6. The van der Waals surface area contributed by atoms with E-state index in [9.17, 15) is 13.2 Å². The van der Waals surface area contributed by atoms with E-state index in [-0.39, 0.29) is 28.4 Å². The van der Waals surface area contributed by atoms with Gasteiger partial charge in [-0.05, 0) is 36.5 Å². The number of carbonyl (C=O) groups is 1. The Hall–Kier alpha value is -2.11. The van der Waals surface area contributed by atoms with Crippen molar-refractivity contribution in [3.63, 3.8) is 0 Å². The minimum absolute atomic E-state index is 0.0450. The molecular formula is C20H27N5O4S2. The zero-order chi connectivity index (χ0) is 22.3. The van der Waals surface area contributed by atoms with E-state index in [2.05, 4.69) is 29.4 Å². The minimum Gasteiger partial charge on any atom is -0.422 e. The number of sulfonamides is 1. The Morgan fingerprint density at radius 3 is 2.81 bits per heavy atom. The van der Waals surface area contributed by atoms with E-state index in [0.29, 0.717) is 28.1 Å². The van der Waals surface area contributed by atoms with Crippen LogP contribution in [0.15, 0.2) is 32.7 Å². The maximum absolute atomic E-state index is 12.6. The molecule has 2 heterocycles. The van der Waals surface area contributed by atoms with Crippen molar-refractivity contribution in [1.82, 2.24) is 24.2 Å². The van der Waals surface area contributed by atoms with Gasteiger partial charge in [-0.3, -0.25) is 4.79 Å². The summed E-state index contributed by atoms with van der Waals surface area (Å²) >= 11 is 1.25. The largest absolute Gasteiger partial charge is 0.422 e. The highest BCUT2D eigenvalue weighted by Gasteiger charge is 2.28. The average molecular weight is 466 g/mol. The number of aromatic nitrogens is 3. The molecule has 0 saturated heterocycles. The molecule has 1 amide bonds. The topological polar surface area (TPSA) is 110 Å². The van der Waals surface area contributed by atoms with Gasteiger partial charge in [0.15, 0.2) is 10.7 Å². The zero-order valence-corrected chi connectivity index (χ0v) is 19.7. The number of thioether (sulfide) groups is 1. The van der Waals surface area contributed by atoms with E-state index in [0.717, 1.165) is 17.1 Å². The molecule has 3 aromatic rings. The quantitative estimate of drug-likeness (QED) is 0.557. The molecule has 1 aromatic carbocycles. The first kappa shape index (κ1) is 22.1. The second-order valence-corrected chi connectivity index (χ2v) is 11.4. The number of rotatable bonds is 6. The Morgan fingerprint density at radius 2 is 2.06 bits per heavy atom. The summed E-state index contributed by atoms with van der Waals surface area (Å²) in [6.07, 6.45) is 3.35. The molecule has 1 saturated carbocycles. The molecule has 11 heteroatoms. The van der Waals surface area contributed by atoms with Crippen LogP contribution in [0.1, 0.15) is 33.1 Å². The normalized spacial score (nSPS) is 22.4. The van der Waals surface area contributed by atoms with Crippen LogP contribution in [-0.2, 0) is 14.8 Å². The van der Waals surface area contributed by atoms with Crippen LogP contribution in [0.4, 0.5) is 0 Å². The van der Waals surface area contributed by atoms with Gasteiger partial charge >= 0.3 is 5.84 Å². The molecule has 3 atom stereocenters. The fraction of sp³-hybridized carbons (Fsp3) is 0.550. The van der Waals surface area contributed by atoms with Crippen LogP contribution in [0.2, 0.25) is 0 Å². The minimum atomic E-state index is -3.60. The summed E-state index contributed by atoms with van der Waals surface area (Å²) in [5, 5.41) is 11.8. The molecule has 4 rings (SSSR count). The first-order chi connectivity index (χ1) is 14.7. The summed E-state index contributed by atoms with van der Waals surface area (Å²) in [4.78, 5) is 12.7. The molecule has 0 bridgehead atoms. The van der Waals surface area contributed by atoms with Crippen molar-refractivity contribution >= 4 is 44.6 Å². The standard InChI is InChI=1S/C20H27N5O4S2/c1-12-6-5-7-15(13(12)2)21-18(26)11-30-20-23-22-19-25(20)16-10-14(8-9-17(16)29-19)31(27,28)24(3)4/h8-10,12-13,15H,5-7,11H2,1-4H3,(H,21,26)/t12-,13+,15-/m0/s1. The number of amides is 1. The van der Waals surface area contributed by atoms with Crippen molar-refractivity contribution in [3.05, 3.63) is 18.2 Å². The molecule has 0 unspecified atom stereocenters. The number of hydrogen-bond donors (Lipinski definition) is 1. The molecular weight excluding hydrogens is 438 g/mol. The Morgan fingerprint density at radius 1 is 1.29 bits per heavy atom. The zero-order valence-electron chi connectivity index (χ0n) is 18.0. The summed E-state index contributed by atoms with van der Waals surface area (Å²) in [6.45, 7) is 4.43. The molecule has 0 aliphatic heterocycles. The van der Waals surface area contributed by atoms with Gasteiger partial charge in [-0.15, -0.1) is 5.10 Å². The van der Waals surface area contributed by atoms with Crippen LogP contribution in [-0.4, -0.2) is 59.1 Å². The lowest BCUT2D eigenvalue weighted by Gasteiger charge is -2.34. The molecule has 168 valence electrons. The van der Waals surface area contributed by atoms with Crippen LogP contribution in [0, 0.1) is 11.8 Å². The van der Waals surface area contributed by atoms with E-state index in [1.54, 1.807) is 16.5 Å². The first-order valence-corrected chi connectivity index (χ1v) is 12.7. The maximum Gasteiger partial charge on any atom is 0.328 e. The number of benzene rings is 1. The van der Waals surface area contributed by atoms with Crippen molar-refractivity contribution in [1.29, 1.82) is 0 Å². The van der Waals surface area contributed by atoms with Gasteiger partial charge in [-0.1, -0.05) is 43.5 Å². The van der Waals surface area contributed by atoms with E-state index >= 15 is 0 Å². The second kappa shape index (κ2) is 8.44. The van der Waals surface area contributed by atoms with Crippen LogP contribution < -0.4 is 5.32 Å². The third-order valence-corrected chi connectivity index (χ3v) is 8.88. The van der Waals surface area contributed by atoms with Crippen LogP contribution >= 0.6 is 11.8 Å². The van der Waals surface area contributed by atoms with Gasteiger partial charge in [0.1, 0.15) is 0 Å². The third kappa shape index (κ3) is 4.18. The molecule has 0 spiro atoms. The monoisotopic (exact) mass is 465 g/mol. The molecule has 31 heavy (non-hydrogen) atoms. The molecule has 1 aliphatic rings. The second-order valence-electron chi connectivity index (χ2n) is 8.35. The number of nitrogens with one attached hydrogen (secondary N) is 1. The van der Waals surface area contributed by atoms with Crippen molar-refractivity contribution in [2.24, 2.45) is 11.8 Å². The predicted molar refractivity (Wildman–Crippen MR) is 118 cm³/mol. The Bertz CT molecular complexity index is 1220. The lowest BCUT2D eigenvalue weighted by Crippen LogP contribution is -2.44. The van der Waals surface area contributed by atoms with Gasteiger partial charge in [0, 0.05) is 20.1 Å². The van der Waals surface area contributed by atoms with Gasteiger partial charge in [0.05, 0.1) is 16.2 Å². The number of nitrogens with zero attached hydrogens (tertiary/aromatic N) is 4. The van der Waals surface area contributed by atoms with Gasteiger partial charge in [0.25, 0.3) is 0 Å². The molecule has 1 fully saturated rings. The predicted octanol–water partition coefficient (Wildman–Crippen LogP) is 2.76.